The van der Waals surface area contributed by atoms with Gasteiger partial charge in [0.05, 0.1) is 6.07 Å². The van der Waals surface area contributed by atoms with Gasteiger partial charge in [-0.05, 0) is 19.3 Å². The molecule has 1 saturated carbocycles. The fraction of sp³-hybridized carbons (Fsp3) is 0.833. The number of nitriles is 1. The first kappa shape index (κ1) is 14.0. The summed E-state index contributed by atoms with van der Waals surface area (Å²) in [6.07, 6.45) is 4.79. The minimum Gasteiger partial charge on any atom is -0.355 e. The molecule has 3 nitrogen and oxygen atoms in total. The van der Waals surface area contributed by atoms with E-state index in [1.807, 2.05) is 0 Å². The van der Waals surface area contributed by atoms with E-state index >= 15 is 0 Å². The lowest BCUT2D eigenvalue weighted by atomic mass is 10.1. The van der Waals surface area contributed by atoms with E-state index in [0.29, 0.717) is 6.54 Å². The van der Waals surface area contributed by atoms with Crippen molar-refractivity contribution in [3.05, 3.63) is 0 Å². The second kappa shape index (κ2) is 7.28. The quantitative estimate of drug-likeness (QED) is 0.728. The first-order valence-electron chi connectivity index (χ1n) is 5.86. The topological polar surface area (TPSA) is 52.9 Å². The van der Waals surface area contributed by atoms with Crippen LogP contribution in [0.25, 0.3) is 0 Å². The zero-order valence-electron chi connectivity index (χ0n) is 10.1. The monoisotopic (exact) mass is 212 g/mol. The molecule has 0 aromatic rings. The van der Waals surface area contributed by atoms with Gasteiger partial charge in [0.1, 0.15) is 5.41 Å². The second-order valence-corrected chi connectivity index (χ2v) is 4.01. The predicted molar refractivity (Wildman–Crippen MR) is 63.3 cm³/mol. The molecule has 0 spiro atoms. The molecule has 1 amide bonds. The molecular weight excluding hydrogens is 188 g/mol. The van der Waals surface area contributed by atoms with Crippen molar-refractivity contribution in [1.29, 1.82) is 5.26 Å². The minimum absolute atomic E-state index is 0. The Bertz CT molecular complexity index is 232. The van der Waals surface area contributed by atoms with E-state index in [-0.39, 0.29) is 7.33 Å². The number of rotatable bonds is 4. The number of carbonyl (C=O) groups excluding carboxylic acids is 1. The molecular formula is C12H24N2O. The molecule has 0 aromatic heterocycles. The molecule has 0 saturated heterocycles. The summed E-state index contributed by atoms with van der Waals surface area (Å²) >= 11 is 0. The Morgan fingerprint density at radius 2 is 2.00 bits per heavy atom. The molecule has 1 fully saturated rings. The average molecular weight is 212 g/mol. The molecule has 1 rings (SSSR count). The molecule has 0 atom stereocenters. The van der Waals surface area contributed by atoms with Gasteiger partial charge in [-0.2, -0.15) is 5.26 Å². The van der Waals surface area contributed by atoms with Crippen LogP contribution in [0.1, 0.15) is 54.3 Å². The van der Waals surface area contributed by atoms with Crippen LogP contribution in [-0.2, 0) is 4.79 Å². The third kappa shape index (κ3) is 4.83. The van der Waals surface area contributed by atoms with Crippen molar-refractivity contribution in [2.45, 2.75) is 52.9 Å². The molecule has 0 aromatic carbocycles. The third-order valence-electron chi connectivity index (χ3n) is 2.21. The zero-order valence-corrected chi connectivity index (χ0v) is 10.1. The van der Waals surface area contributed by atoms with Gasteiger partial charge in [0, 0.05) is 7.97 Å². The van der Waals surface area contributed by atoms with Gasteiger partial charge in [-0.1, -0.05) is 33.6 Å². The maximum Gasteiger partial charge on any atom is 0.240 e. The van der Waals surface area contributed by atoms with Gasteiger partial charge < -0.3 is 5.32 Å². The number of amides is 1. The van der Waals surface area contributed by atoms with Crippen LogP contribution in [0.5, 0.6) is 0 Å². The summed E-state index contributed by atoms with van der Waals surface area (Å²) < 4.78 is 0. The van der Waals surface area contributed by atoms with Crippen LogP contribution in [0.15, 0.2) is 0 Å². The van der Waals surface area contributed by atoms with Crippen LogP contribution in [-0.4, -0.2) is 12.5 Å². The van der Waals surface area contributed by atoms with E-state index in [4.69, 9.17) is 5.26 Å². The van der Waals surface area contributed by atoms with Crippen LogP contribution in [0.2, 0.25) is 0 Å². The Hall–Kier alpha value is -1.04. The number of unbranched alkanes of at least 4 members (excludes halogenated alkanes) is 1. The Kier molecular flexibility index (Phi) is 6.77. The molecule has 0 radical (unpaired) electrons. The van der Waals surface area contributed by atoms with E-state index < -0.39 is 5.41 Å². The number of carbonyl (C=O) groups is 1. The van der Waals surface area contributed by atoms with Gasteiger partial charge in [0.15, 0.2) is 0 Å². The molecule has 3 heteroatoms. The van der Waals surface area contributed by atoms with Crippen molar-refractivity contribution >= 4 is 5.91 Å². The molecule has 0 heterocycles. The lowest BCUT2D eigenvalue weighted by Gasteiger charge is -2.06. The Labute approximate surface area is 94.3 Å². The minimum atomic E-state index is -0.645. The number of nitrogens with one attached hydrogen (secondary N) is 1. The van der Waals surface area contributed by atoms with E-state index in [2.05, 4.69) is 32.2 Å². The van der Waals surface area contributed by atoms with Crippen molar-refractivity contribution < 1.29 is 6.22 Å². The van der Waals surface area contributed by atoms with E-state index in [1.165, 1.54) is 6.42 Å². The summed E-state index contributed by atoms with van der Waals surface area (Å²) in [6, 6.07) is 2.07. The van der Waals surface area contributed by atoms with Crippen molar-refractivity contribution in [2.75, 3.05) is 6.54 Å². The zero-order chi connectivity index (χ0) is 11.7. The summed E-state index contributed by atoms with van der Waals surface area (Å²) in [7, 11) is 0. The summed E-state index contributed by atoms with van der Waals surface area (Å²) in [5, 5.41) is 11.4. The summed E-state index contributed by atoms with van der Waals surface area (Å²) in [4.78, 5) is 11.3. The van der Waals surface area contributed by atoms with Crippen LogP contribution in [0.4, 0.5) is 0 Å². The maximum absolute atomic E-state index is 11.3. The predicted octanol–water partition coefficient (Wildman–Crippen LogP) is 2.87. The number of hydrogen-bond acceptors (Lipinski definition) is 2. The smallest absolute Gasteiger partial charge is 0.240 e. The van der Waals surface area contributed by atoms with Crippen molar-refractivity contribution in [3.63, 3.8) is 0 Å². The first-order chi connectivity index (χ1) is 7.16. The fourth-order valence-electron chi connectivity index (χ4n) is 1.06. The normalized spacial score (nSPS) is 15.6. The van der Waals surface area contributed by atoms with Crippen LogP contribution in [0.3, 0.4) is 0 Å². The van der Waals surface area contributed by atoms with Gasteiger partial charge >= 0.3 is 0 Å². The van der Waals surface area contributed by atoms with E-state index in [1.54, 1.807) is 0 Å². The highest BCUT2D eigenvalue weighted by molar-refractivity contribution is 5.88. The molecule has 1 aliphatic carbocycles. The Morgan fingerprint density at radius 1 is 1.47 bits per heavy atom. The third-order valence-corrected chi connectivity index (χ3v) is 2.21. The number of hydrogen-bond donors (Lipinski definition) is 1. The van der Waals surface area contributed by atoms with Gasteiger partial charge in [0.2, 0.25) is 5.91 Å². The van der Waals surface area contributed by atoms with Crippen molar-refractivity contribution in [3.8, 4) is 6.07 Å². The molecule has 1 aliphatic rings. The summed E-state index contributed by atoms with van der Waals surface area (Å²) in [5.41, 5.74) is -0.645. The average Bonchev–Trinajstić information content (AvgIpc) is 3.00. The Balaban J connectivity index is 0. The lowest BCUT2D eigenvalue weighted by molar-refractivity contribution is -0.124. The molecule has 1 N–H and O–H groups in total. The second-order valence-electron chi connectivity index (χ2n) is 4.01. The van der Waals surface area contributed by atoms with Crippen LogP contribution in [0, 0.1) is 16.7 Å². The SMILES string of the molecule is CCC.CCCCNC(=O)C1(C#N)CC1.[HH]. The van der Waals surface area contributed by atoms with Crippen LogP contribution >= 0.6 is 0 Å². The molecule has 88 valence electrons. The van der Waals surface area contributed by atoms with Crippen molar-refractivity contribution in [1.82, 2.24) is 5.32 Å². The highest BCUT2D eigenvalue weighted by atomic mass is 16.2. The van der Waals surface area contributed by atoms with Gasteiger partial charge in [-0.25, -0.2) is 0 Å². The first-order valence-corrected chi connectivity index (χ1v) is 5.86. The lowest BCUT2D eigenvalue weighted by Crippen LogP contribution is -2.31. The van der Waals surface area contributed by atoms with Crippen LogP contribution < -0.4 is 5.32 Å². The van der Waals surface area contributed by atoms with Gasteiger partial charge in [0.25, 0.3) is 0 Å². The molecule has 0 bridgehead atoms. The highest BCUT2D eigenvalue weighted by Gasteiger charge is 2.50. The molecule has 0 aliphatic heterocycles. The largest absolute Gasteiger partial charge is 0.355 e. The number of nitrogens with zero attached hydrogens (tertiary/aromatic N) is 1. The maximum atomic E-state index is 11.3. The molecule has 15 heavy (non-hydrogen) atoms. The Morgan fingerprint density at radius 3 is 2.33 bits per heavy atom. The van der Waals surface area contributed by atoms with E-state index in [0.717, 1.165) is 25.7 Å². The highest BCUT2D eigenvalue weighted by Crippen LogP contribution is 2.44. The standard InChI is InChI=1S/C9H14N2O.C3H8.H2/c1-2-3-6-11-8(12)9(7-10)4-5-9;1-3-2;/h2-6H2,1H3,(H,11,12);3H2,1-2H3;1H. The molecule has 0 unspecified atom stereocenters. The van der Waals surface area contributed by atoms with E-state index in [9.17, 15) is 4.79 Å². The summed E-state index contributed by atoms with van der Waals surface area (Å²) in [6.45, 7) is 7.03. The fourth-order valence-corrected chi connectivity index (χ4v) is 1.06. The van der Waals surface area contributed by atoms with Crippen molar-refractivity contribution in [2.24, 2.45) is 5.41 Å². The summed E-state index contributed by atoms with van der Waals surface area (Å²) in [5.74, 6) is -0.0709. The van der Waals surface area contributed by atoms with Gasteiger partial charge in [-0.3, -0.25) is 4.79 Å². The van der Waals surface area contributed by atoms with Gasteiger partial charge in [-0.15, -0.1) is 0 Å².